The predicted molar refractivity (Wildman–Crippen MR) is 126 cm³/mol. The summed E-state index contributed by atoms with van der Waals surface area (Å²) in [5.41, 5.74) is 1.84. The number of tetrazole rings is 1. The van der Waals surface area contributed by atoms with Gasteiger partial charge in [-0.05, 0) is 45.0 Å². The van der Waals surface area contributed by atoms with Gasteiger partial charge in [-0.3, -0.25) is 9.69 Å². The number of rotatable bonds is 6. The van der Waals surface area contributed by atoms with Gasteiger partial charge >= 0.3 is 0 Å². The minimum absolute atomic E-state index is 0.0543. The fourth-order valence-corrected chi connectivity index (χ4v) is 4.88. The number of benzene rings is 3. The van der Waals surface area contributed by atoms with Crippen molar-refractivity contribution in [1.82, 2.24) is 30.0 Å². The topological polar surface area (TPSA) is 67.2 Å². The number of hydrogen-bond acceptors (Lipinski definition) is 6. The van der Waals surface area contributed by atoms with Gasteiger partial charge < -0.3 is 4.90 Å². The Kier molecular flexibility index (Phi) is 6.32. The predicted octanol–water partition coefficient (Wildman–Crippen LogP) is 3.39. The first-order valence-electron chi connectivity index (χ1n) is 10.8. The number of hydrogen-bond donors (Lipinski definition) is 0. The van der Waals surface area contributed by atoms with Crippen molar-refractivity contribution in [3.8, 4) is 5.69 Å². The molecule has 9 heteroatoms. The smallest absolute Gasteiger partial charge is 0.233 e. The van der Waals surface area contributed by atoms with Crippen molar-refractivity contribution in [1.29, 1.82) is 0 Å². The Morgan fingerprint density at radius 1 is 0.970 bits per heavy atom. The molecule has 0 spiro atoms. The normalized spacial score (nSPS) is 14.6. The second kappa shape index (κ2) is 9.68. The molecule has 168 valence electrons. The number of nitrogens with zero attached hydrogens (tertiary/aromatic N) is 6. The molecule has 1 fully saturated rings. The van der Waals surface area contributed by atoms with Crippen molar-refractivity contribution < 1.29 is 9.18 Å². The van der Waals surface area contributed by atoms with Gasteiger partial charge in [-0.2, -0.15) is 4.68 Å². The van der Waals surface area contributed by atoms with E-state index in [1.807, 2.05) is 4.90 Å². The van der Waals surface area contributed by atoms with Gasteiger partial charge in [0.1, 0.15) is 5.82 Å². The second-order valence-corrected chi connectivity index (χ2v) is 8.88. The van der Waals surface area contributed by atoms with Gasteiger partial charge in [0.2, 0.25) is 11.1 Å². The fourth-order valence-electron chi connectivity index (χ4n) is 4.08. The molecule has 0 bridgehead atoms. The zero-order valence-corrected chi connectivity index (χ0v) is 18.8. The third kappa shape index (κ3) is 4.89. The Balaban J connectivity index is 1.15. The van der Waals surface area contributed by atoms with E-state index in [4.69, 9.17) is 0 Å². The Bertz CT molecular complexity index is 1270. The van der Waals surface area contributed by atoms with Gasteiger partial charge in [0, 0.05) is 32.7 Å². The molecule has 2 heterocycles. The number of carbonyl (C=O) groups is 1. The van der Waals surface area contributed by atoms with Gasteiger partial charge in [-0.1, -0.05) is 60.3 Å². The van der Waals surface area contributed by atoms with Crippen LogP contribution in [0.1, 0.15) is 5.56 Å². The highest BCUT2D eigenvalue weighted by Gasteiger charge is 2.22. The molecule has 0 saturated carbocycles. The number of carbonyl (C=O) groups excluding carboxylic acids is 1. The fraction of sp³-hybridized carbons (Fsp3) is 0.250. The maximum absolute atomic E-state index is 13.5. The van der Waals surface area contributed by atoms with E-state index < -0.39 is 0 Å². The summed E-state index contributed by atoms with van der Waals surface area (Å²) in [4.78, 5) is 17.1. The van der Waals surface area contributed by atoms with Crippen molar-refractivity contribution >= 4 is 28.4 Å². The molecule has 5 rings (SSSR count). The SMILES string of the molecule is O=C(CSc1nnnn1-c1cccc(F)c1)N1CCN(Cc2cccc3ccccc23)CC1. The van der Waals surface area contributed by atoms with Crippen LogP contribution in [0.3, 0.4) is 0 Å². The van der Waals surface area contributed by atoms with Crippen LogP contribution in [0.15, 0.2) is 71.9 Å². The summed E-state index contributed by atoms with van der Waals surface area (Å²) in [7, 11) is 0. The lowest BCUT2D eigenvalue weighted by molar-refractivity contribution is -0.130. The Hall–Kier alpha value is -3.30. The highest BCUT2D eigenvalue weighted by Crippen LogP contribution is 2.22. The van der Waals surface area contributed by atoms with E-state index in [1.54, 1.807) is 12.1 Å². The quantitative estimate of drug-likeness (QED) is 0.409. The lowest BCUT2D eigenvalue weighted by Gasteiger charge is -2.35. The Morgan fingerprint density at radius 2 is 1.76 bits per heavy atom. The van der Waals surface area contributed by atoms with Crippen LogP contribution in [0.5, 0.6) is 0 Å². The van der Waals surface area contributed by atoms with E-state index in [1.165, 1.54) is 44.9 Å². The van der Waals surface area contributed by atoms with Crippen molar-refractivity contribution in [3.05, 3.63) is 78.1 Å². The monoisotopic (exact) mass is 462 g/mol. The average molecular weight is 463 g/mol. The third-order valence-electron chi connectivity index (χ3n) is 5.82. The van der Waals surface area contributed by atoms with Gasteiger partial charge in [0.15, 0.2) is 0 Å². The lowest BCUT2D eigenvalue weighted by atomic mass is 10.0. The number of halogens is 1. The van der Waals surface area contributed by atoms with E-state index in [9.17, 15) is 9.18 Å². The summed E-state index contributed by atoms with van der Waals surface area (Å²) < 4.78 is 15.0. The van der Waals surface area contributed by atoms with E-state index >= 15 is 0 Å². The van der Waals surface area contributed by atoms with Crippen LogP contribution in [0, 0.1) is 5.82 Å². The van der Waals surface area contributed by atoms with Crippen LogP contribution in [0.25, 0.3) is 16.5 Å². The van der Waals surface area contributed by atoms with Crippen LogP contribution in [0.4, 0.5) is 4.39 Å². The molecule has 1 aliphatic heterocycles. The minimum Gasteiger partial charge on any atom is -0.339 e. The van der Waals surface area contributed by atoms with Crippen LogP contribution >= 0.6 is 11.8 Å². The first kappa shape index (κ1) is 21.5. The van der Waals surface area contributed by atoms with Crippen molar-refractivity contribution in [2.24, 2.45) is 0 Å². The zero-order valence-electron chi connectivity index (χ0n) is 18.0. The highest BCUT2D eigenvalue weighted by molar-refractivity contribution is 7.99. The maximum Gasteiger partial charge on any atom is 0.233 e. The molecule has 33 heavy (non-hydrogen) atoms. The number of thioether (sulfide) groups is 1. The van der Waals surface area contributed by atoms with Crippen LogP contribution in [-0.2, 0) is 11.3 Å². The maximum atomic E-state index is 13.5. The van der Waals surface area contributed by atoms with Gasteiger partial charge in [-0.25, -0.2) is 4.39 Å². The van der Waals surface area contributed by atoms with Crippen LogP contribution < -0.4 is 0 Å². The first-order valence-corrected chi connectivity index (χ1v) is 11.8. The van der Waals surface area contributed by atoms with E-state index in [2.05, 4.69) is 62.9 Å². The minimum atomic E-state index is -0.364. The number of fused-ring (bicyclic) bond motifs is 1. The van der Waals surface area contributed by atoms with Crippen molar-refractivity contribution in [2.45, 2.75) is 11.7 Å². The third-order valence-corrected chi connectivity index (χ3v) is 6.72. The average Bonchev–Trinajstić information content (AvgIpc) is 3.32. The molecule has 7 nitrogen and oxygen atoms in total. The molecule has 0 unspecified atom stereocenters. The van der Waals surface area contributed by atoms with Crippen molar-refractivity contribution in [3.63, 3.8) is 0 Å². The van der Waals surface area contributed by atoms with Gasteiger partial charge in [0.05, 0.1) is 11.4 Å². The van der Waals surface area contributed by atoms with E-state index in [0.29, 0.717) is 23.9 Å². The molecule has 1 aromatic heterocycles. The number of aromatic nitrogens is 4. The van der Waals surface area contributed by atoms with E-state index in [-0.39, 0.29) is 17.5 Å². The Labute approximate surface area is 195 Å². The van der Waals surface area contributed by atoms with Crippen LogP contribution in [-0.4, -0.2) is 67.8 Å². The van der Waals surface area contributed by atoms with Gasteiger partial charge in [-0.15, -0.1) is 5.10 Å². The molecule has 4 aromatic rings. The molecule has 0 atom stereocenters. The highest BCUT2D eigenvalue weighted by atomic mass is 32.2. The summed E-state index contributed by atoms with van der Waals surface area (Å²) in [6, 6.07) is 20.9. The molecule has 1 aliphatic rings. The van der Waals surface area contributed by atoms with E-state index in [0.717, 1.165) is 19.6 Å². The molecule has 0 N–H and O–H groups in total. The van der Waals surface area contributed by atoms with Crippen molar-refractivity contribution in [2.75, 3.05) is 31.9 Å². The molecule has 3 aromatic carbocycles. The molecular weight excluding hydrogens is 439 g/mol. The summed E-state index contributed by atoms with van der Waals surface area (Å²) in [5, 5.41) is 14.6. The first-order chi connectivity index (χ1) is 16.2. The summed E-state index contributed by atoms with van der Waals surface area (Å²) >= 11 is 1.26. The Morgan fingerprint density at radius 3 is 2.61 bits per heavy atom. The second-order valence-electron chi connectivity index (χ2n) is 7.94. The van der Waals surface area contributed by atoms with Crippen LogP contribution in [0.2, 0.25) is 0 Å². The largest absolute Gasteiger partial charge is 0.339 e. The van der Waals surface area contributed by atoms with Gasteiger partial charge in [0.25, 0.3) is 0 Å². The molecular formula is C24H23FN6OS. The lowest BCUT2D eigenvalue weighted by Crippen LogP contribution is -2.48. The number of piperazine rings is 1. The molecule has 0 radical (unpaired) electrons. The summed E-state index contributed by atoms with van der Waals surface area (Å²) in [5.74, 6) is -0.0751. The standard InChI is InChI=1S/C24H23FN6OS/c25-20-8-4-9-21(15-20)31-24(26-27-28-31)33-17-23(32)30-13-11-29(12-14-30)16-19-7-3-6-18-5-1-2-10-22(18)19/h1-10,15H,11-14,16-17H2. The molecule has 0 aliphatic carbocycles. The summed E-state index contributed by atoms with van der Waals surface area (Å²) in [6.45, 7) is 3.93. The zero-order chi connectivity index (χ0) is 22.6. The summed E-state index contributed by atoms with van der Waals surface area (Å²) in [6.07, 6.45) is 0. The molecule has 1 saturated heterocycles. The number of amides is 1. The molecule has 1 amide bonds.